The van der Waals surface area contributed by atoms with E-state index in [0.717, 1.165) is 33.3 Å². The van der Waals surface area contributed by atoms with Crippen molar-refractivity contribution in [2.45, 2.75) is 6.92 Å². The summed E-state index contributed by atoms with van der Waals surface area (Å²) in [6, 6.07) is 27.6. The molecule has 4 rings (SSSR count). The van der Waals surface area contributed by atoms with E-state index in [2.05, 4.69) is 4.37 Å². The van der Waals surface area contributed by atoms with Crippen molar-refractivity contribution in [1.82, 2.24) is 8.94 Å². The molecule has 144 valence electrons. The van der Waals surface area contributed by atoms with Gasteiger partial charge in [0, 0.05) is 17.1 Å². The maximum atomic E-state index is 5.55. The molecule has 0 spiro atoms. The predicted octanol–water partition coefficient (Wildman–Crippen LogP) is 4.93. The van der Waals surface area contributed by atoms with Crippen molar-refractivity contribution in [3.05, 3.63) is 101 Å². The number of benzene rings is 3. The first kappa shape index (κ1) is 18.8. The smallest absolute Gasteiger partial charge is 0.215 e. The Morgan fingerprint density at radius 1 is 0.897 bits per heavy atom. The fourth-order valence-corrected chi connectivity index (χ4v) is 3.68. The quantitative estimate of drug-likeness (QED) is 0.360. The van der Waals surface area contributed by atoms with E-state index in [-0.39, 0.29) is 0 Å². The number of rotatable bonds is 4. The van der Waals surface area contributed by atoms with Crippen molar-refractivity contribution >= 4 is 23.1 Å². The summed E-state index contributed by atoms with van der Waals surface area (Å²) >= 11 is 1.33. The van der Waals surface area contributed by atoms with E-state index in [1.165, 1.54) is 11.5 Å². The third-order valence-electron chi connectivity index (χ3n) is 4.33. The van der Waals surface area contributed by atoms with E-state index in [1.54, 1.807) is 7.11 Å². The largest absolute Gasteiger partial charge is 0.495 e. The Labute approximate surface area is 173 Å². The topological polar surface area (TPSA) is 51.8 Å². The molecule has 29 heavy (non-hydrogen) atoms. The van der Waals surface area contributed by atoms with Gasteiger partial charge in [0.1, 0.15) is 11.6 Å². The molecule has 1 heterocycles. The van der Waals surface area contributed by atoms with Gasteiger partial charge in [-0.2, -0.15) is 9.37 Å². The minimum absolute atomic E-state index is 0.629. The van der Waals surface area contributed by atoms with Gasteiger partial charge in [0.25, 0.3) is 0 Å². The van der Waals surface area contributed by atoms with Crippen molar-refractivity contribution in [1.29, 1.82) is 0 Å². The second-order valence-corrected chi connectivity index (χ2v) is 7.00. The van der Waals surface area contributed by atoms with Crippen LogP contribution in [0.3, 0.4) is 0 Å². The maximum absolute atomic E-state index is 5.55. The zero-order valence-corrected chi connectivity index (χ0v) is 17.0. The van der Waals surface area contributed by atoms with E-state index >= 15 is 0 Å². The lowest BCUT2D eigenvalue weighted by Crippen LogP contribution is -2.17. The lowest BCUT2D eigenvalue weighted by atomic mass is 10.2. The van der Waals surface area contributed by atoms with Crippen LogP contribution in [0, 0.1) is 6.92 Å². The molecule has 0 radical (unpaired) electrons. The molecular weight excluding hydrogens is 380 g/mol. The van der Waals surface area contributed by atoms with Gasteiger partial charge in [0.15, 0.2) is 5.84 Å². The number of aliphatic imine (C=N–C) groups is 1. The number of methoxy groups -OCH3 is 1. The van der Waals surface area contributed by atoms with Crippen LogP contribution in [0.1, 0.15) is 11.4 Å². The summed E-state index contributed by atoms with van der Waals surface area (Å²) < 4.78 is 12.1. The predicted molar refractivity (Wildman–Crippen MR) is 117 cm³/mol. The first-order chi connectivity index (χ1) is 14.3. The van der Waals surface area contributed by atoms with Gasteiger partial charge >= 0.3 is 0 Å². The molecule has 0 bridgehead atoms. The number of amidine groups is 1. The zero-order chi connectivity index (χ0) is 20.1. The lowest BCUT2D eigenvalue weighted by Gasteiger charge is -2.10. The van der Waals surface area contributed by atoms with Gasteiger partial charge in [0.2, 0.25) is 4.80 Å². The molecule has 5 nitrogen and oxygen atoms in total. The molecule has 0 atom stereocenters. The number of ether oxygens (including phenoxy) is 1. The molecular formula is C23H20N4OS. The maximum Gasteiger partial charge on any atom is 0.215 e. The molecule has 0 aliphatic heterocycles. The van der Waals surface area contributed by atoms with Crippen LogP contribution < -0.4 is 9.54 Å². The van der Waals surface area contributed by atoms with Crippen molar-refractivity contribution in [3.63, 3.8) is 0 Å². The van der Waals surface area contributed by atoms with Crippen LogP contribution >= 0.6 is 11.5 Å². The third kappa shape index (κ3) is 4.17. The van der Waals surface area contributed by atoms with Gasteiger partial charge in [-0.1, -0.05) is 60.7 Å². The number of hydrogen-bond acceptors (Lipinski definition) is 4. The van der Waals surface area contributed by atoms with Crippen LogP contribution in [0.5, 0.6) is 5.75 Å². The number of aryl methyl sites for hydroxylation is 1. The Kier molecular flexibility index (Phi) is 5.63. The summed E-state index contributed by atoms with van der Waals surface area (Å²) in [6.45, 7) is 1.96. The van der Waals surface area contributed by atoms with Gasteiger partial charge in [-0.05, 0) is 31.2 Å². The standard InChI is InChI=1S/C23H20N4OS/c1-17-26-29-23(27(17)20-15-9-10-16-21(20)28-2)25-22(18-11-5-3-6-12-18)24-19-13-7-4-8-14-19/h3-16H,1-2H3. The molecule has 0 aliphatic carbocycles. The fourth-order valence-electron chi connectivity index (χ4n) is 2.95. The van der Waals surface area contributed by atoms with E-state index in [9.17, 15) is 0 Å². The van der Waals surface area contributed by atoms with Crippen LogP contribution in [-0.2, 0) is 0 Å². The summed E-state index contributed by atoms with van der Waals surface area (Å²) in [5.74, 6) is 2.23. The summed E-state index contributed by atoms with van der Waals surface area (Å²) in [4.78, 5) is 10.4. The highest BCUT2D eigenvalue weighted by atomic mass is 32.1. The second-order valence-electron chi connectivity index (χ2n) is 6.27. The molecule has 0 saturated carbocycles. The molecule has 1 aromatic heterocycles. The van der Waals surface area contributed by atoms with E-state index in [4.69, 9.17) is 14.7 Å². The van der Waals surface area contributed by atoms with Crippen LogP contribution in [0.25, 0.3) is 5.69 Å². The Morgan fingerprint density at radius 2 is 1.55 bits per heavy atom. The minimum Gasteiger partial charge on any atom is -0.495 e. The first-order valence-electron chi connectivity index (χ1n) is 9.19. The molecule has 0 amide bonds. The van der Waals surface area contributed by atoms with E-state index < -0.39 is 0 Å². The van der Waals surface area contributed by atoms with Crippen molar-refractivity contribution in [2.75, 3.05) is 7.11 Å². The van der Waals surface area contributed by atoms with Gasteiger partial charge in [-0.3, -0.25) is 4.57 Å². The fraction of sp³-hybridized carbons (Fsp3) is 0.0870. The summed E-state index contributed by atoms with van der Waals surface area (Å²) in [5.41, 5.74) is 2.68. The molecule has 0 N–H and O–H groups in total. The number of aromatic nitrogens is 2. The first-order valence-corrected chi connectivity index (χ1v) is 9.96. The highest BCUT2D eigenvalue weighted by Gasteiger charge is 2.12. The van der Waals surface area contributed by atoms with E-state index in [0.29, 0.717) is 5.84 Å². The molecule has 0 saturated heterocycles. The highest BCUT2D eigenvalue weighted by Crippen LogP contribution is 2.22. The lowest BCUT2D eigenvalue weighted by molar-refractivity contribution is 0.412. The summed E-state index contributed by atoms with van der Waals surface area (Å²) in [6.07, 6.45) is 0. The minimum atomic E-state index is 0.629. The van der Waals surface area contributed by atoms with Crippen LogP contribution in [-0.4, -0.2) is 21.9 Å². The van der Waals surface area contributed by atoms with Crippen molar-refractivity contribution < 1.29 is 4.74 Å². The Bertz CT molecular complexity index is 1190. The monoisotopic (exact) mass is 400 g/mol. The Morgan fingerprint density at radius 3 is 2.28 bits per heavy atom. The SMILES string of the molecule is COc1ccccc1-n1c(C)nsc1=NC(=Nc1ccccc1)c1ccccc1. The zero-order valence-electron chi connectivity index (χ0n) is 16.2. The number of nitrogens with zero attached hydrogens (tertiary/aromatic N) is 4. The van der Waals surface area contributed by atoms with E-state index in [1.807, 2.05) is 96.4 Å². The molecule has 6 heteroatoms. The number of hydrogen-bond donors (Lipinski definition) is 0. The normalized spacial score (nSPS) is 12.2. The van der Waals surface area contributed by atoms with Crippen LogP contribution in [0.4, 0.5) is 5.69 Å². The van der Waals surface area contributed by atoms with Gasteiger partial charge in [-0.15, -0.1) is 0 Å². The van der Waals surface area contributed by atoms with Crippen LogP contribution in [0.15, 0.2) is 94.9 Å². The molecule has 0 aliphatic rings. The second kappa shape index (κ2) is 8.67. The third-order valence-corrected chi connectivity index (χ3v) is 5.12. The van der Waals surface area contributed by atoms with Crippen molar-refractivity contribution in [2.24, 2.45) is 9.98 Å². The summed E-state index contributed by atoms with van der Waals surface area (Å²) in [5, 5.41) is 0. The van der Waals surface area contributed by atoms with Crippen LogP contribution in [0.2, 0.25) is 0 Å². The number of para-hydroxylation sites is 3. The Hall–Kier alpha value is -3.51. The average molecular weight is 401 g/mol. The van der Waals surface area contributed by atoms with Crippen molar-refractivity contribution in [3.8, 4) is 11.4 Å². The molecule has 0 fully saturated rings. The molecule has 3 aromatic carbocycles. The van der Waals surface area contributed by atoms with Gasteiger partial charge < -0.3 is 4.74 Å². The molecule has 0 unspecified atom stereocenters. The summed E-state index contributed by atoms with van der Waals surface area (Å²) in [7, 11) is 1.66. The van der Waals surface area contributed by atoms with Gasteiger partial charge in [-0.25, -0.2) is 4.99 Å². The average Bonchev–Trinajstić information content (AvgIpc) is 3.14. The Balaban J connectivity index is 1.92. The highest BCUT2D eigenvalue weighted by molar-refractivity contribution is 7.02. The van der Waals surface area contributed by atoms with Gasteiger partial charge in [0.05, 0.1) is 18.5 Å². The molecule has 4 aromatic rings.